The maximum Gasteiger partial charge on any atom is 4.00 e. The molecule has 0 aromatic rings. The van der Waals surface area contributed by atoms with Crippen molar-refractivity contribution in [3.63, 3.8) is 0 Å². The third kappa shape index (κ3) is 243. The van der Waals surface area contributed by atoms with Crippen LogP contribution in [0, 0.1) is 7.43 Å². The van der Waals surface area contributed by atoms with Gasteiger partial charge in [-0.25, -0.2) is 0 Å². The molecule has 0 aliphatic heterocycles. The van der Waals surface area contributed by atoms with E-state index in [0.29, 0.717) is 0 Å². The van der Waals surface area contributed by atoms with Crippen molar-refractivity contribution in [2.24, 2.45) is 0 Å². The molecule has 0 spiro atoms. The van der Waals surface area contributed by atoms with Gasteiger partial charge in [-0.3, -0.25) is 0 Å². The average Bonchev–Trinajstić information content (AvgIpc) is 2.50. The number of hydrogen-bond donors (Lipinski definition) is 0. The Kier molecular flexibility index (Phi) is 57.8. The van der Waals surface area contributed by atoms with Gasteiger partial charge in [-0.2, -0.15) is 0 Å². The van der Waals surface area contributed by atoms with E-state index in [1.807, 2.05) is 0 Å². The SMILES string of the molecule is C=C.C=CC(=O)[O-].C=CC(=O)[O-].C=CC(=O)[O-].C=CC(=O)[O-].[C+4]. The number of carboxylic acid groups (broad SMARTS) is 4. The molecule has 124 valence electrons. The normalized spacial score (nSPS) is 5.74. The van der Waals surface area contributed by atoms with E-state index in [4.69, 9.17) is 39.6 Å². The van der Waals surface area contributed by atoms with Gasteiger partial charge in [0, 0.05) is 0 Å². The van der Waals surface area contributed by atoms with Gasteiger partial charge in [0.2, 0.25) is 0 Å². The Balaban J connectivity index is -0.0000000398. The van der Waals surface area contributed by atoms with E-state index in [0.717, 1.165) is 24.3 Å². The summed E-state index contributed by atoms with van der Waals surface area (Å²) in [6, 6.07) is 0. The molecule has 0 heterocycles. The van der Waals surface area contributed by atoms with Crippen LogP contribution in [0.3, 0.4) is 0 Å². The summed E-state index contributed by atoms with van der Waals surface area (Å²) < 4.78 is 0. The Labute approximate surface area is 135 Å². The Morgan fingerprint density at radius 1 is 0.522 bits per heavy atom. The Hall–Kier alpha value is -3.42. The van der Waals surface area contributed by atoms with E-state index < -0.39 is 23.9 Å². The summed E-state index contributed by atoms with van der Waals surface area (Å²) in [7, 11) is 0. The molecule has 0 unspecified atom stereocenters. The number of carboxylic acids is 4. The second-order valence-electron chi connectivity index (χ2n) is 2.09. The van der Waals surface area contributed by atoms with Crippen LogP contribution in [0.25, 0.3) is 0 Å². The summed E-state index contributed by atoms with van der Waals surface area (Å²) in [6.07, 6.45) is 2.89. The number of hydrogen-bond acceptors (Lipinski definition) is 8. The molecule has 8 nitrogen and oxygen atoms in total. The summed E-state index contributed by atoms with van der Waals surface area (Å²) in [5, 5.41) is 36.6. The first-order chi connectivity index (χ1) is 10.1. The number of aliphatic carboxylic acids is 4. The van der Waals surface area contributed by atoms with Crippen LogP contribution in [-0.4, -0.2) is 23.9 Å². The van der Waals surface area contributed by atoms with Crippen molar-refractivity contribution in [1.29, 1.82) is 0 Å². The van der Waals surface area contributed by atoms with Gasteiger partial charge in [-0.15, -0.1) is 13.2 Å². The van der Waals surface area contributed by atoms with Crippen molar-refractivity contribution < 1.29 is 39.6 Å². The van der Waals surface area contributed by atoms with Crippen molar-refractivity contribution in [2.45, 2.75) is 0 Å². The Morgan fingerprint density at radius 2 is 0.565 bits per heavy atom. The number of carbonyl (C=O) groups excluding carboxylic acids is 4. The molecule has 8 heteroatoms. The molecule has 0 atom stereocenters. The molecule has 0 rings (SSSR count). The molecular weight excluding hydrogens is 308 g/mol. The molecule has 23 heavy (non-hydrogen) atoms. The molecule has 0 saturated heterocycles. The van der Waals surface area contributed by atoms with Gasteiger partial charge in [-0.1, -0.05) is 26.3 Å². The maximum atomic E-state index is 9.14. The van der Waals surface area contributed by atoms with Crippen LogP contribution < -0.4 is 20.4 Å². The van der Waals surface area contributed by atoms with Crippen LogP contribution in [-0.2, 0) is 19.2 Å². The number of carbonyl (C=O) groups is 4. The molecule has 0 aromatic carbocycles. The first-order valence-electron chi connectivity index (χ1n) is 4.92. The molecule has 0 aliphatic carbocycles. The molecule has 0 aliphatic rings. The largest absolute Gasteiger partial charge is 4.00 e. The van der Waals surface area contributed by atoms with Gasteiger partial charge in [0.05, 0.1) is 23.9 Å². The summed E-state index contributed by atoms with van der Waals surface area (Å²) in [4.78, 5) is 36.6. The standard InChI is InChI=1S/4C3H4O2.C2H4.C/c4*1-2-3(4)5;1-2;/h4*2H,1H2,(H,4,5);1-2H2;/q;;;;;+4/p-4. The zero-order valence-corrected chi connectivity index (χ0v) is 12.3. The molecule has 0 saturated carbocycles. The van der Waals surface area contributed by atoms with Gasteiger partial charge < -0.3 is 39.6 Å². The second-order valence-corrected chi connectivity index (χ2v) is 2.09. The van der Waals surface area contributed by atoms with E-state index in [1.165, 1.54) is 0 Å². The van der Waals surface area contributed by atoms with Gasteiger partial charge in [0.25, 0.3) is 0 Å². The zero-order chi connectivity index (χ0) is 19.1. The van der Waals surface area contributed by atoms with Crippen LogP contribution in [0.5, 0.6) is 0 Å². The van der Waals surface area contributed by atoms with E-state index in [-0.39, 0.29) is 7.43 Å². The predicted octanol–water partition coefficient (Wildman–Crippen LogP) is -3.43. The van der Waals surface area contributed by atoms with Crippen LogP contribution in [0.4, 0.5) is 0 Å². The van der Waals surface area contributed by atoms with Crippen molar-refractivity contribution in [1.82, 2.24) is 0 Å². The topological polar surface area (TPSA) is 161 Å². The molecular formula is C15H16O8. The van der Waals surface area contributed by atoms with Crippen LogP contribution in [0.15, 0.2) is 63.8 Å². The fourth-order valence-corrected chi connectivity index (χ4v) is 0. The zero-order valence-electron chi connectivity index (χ0n) is 12.3. The smallest absolute Gasteiger partial charge is 0.545 e. The quantitative estimate of drug-likeness (QED) is 0.381. The van der Waals surface area contributed by atoms with Gasteiger partial charge in [0.15, 0.2) is 0 Å². The van der Waals surface area contributed by atoms with Gasteiger partial charge >= 0.3 is 7.43 Å². The van der Waals surface area contributed by atoms with E-state index in [9.17, 15) is 0 Å². The minimum atomic E-state index is -1.23. The summed E-state index contributed by atoms with van der Waals surface area (Å²) >= 11 is 0. The molecule has 0 fully saturated rings. The minimum Gasteiger partial charge on any atom is -0.545 e. The monoisotopic (exact) mass is 324 g/mol. The maximum absolute atomic E-state index is 9.14. The summed E-state index contributed by atoms with van der Waals surface area (Å²) in [6.45, 7) is 17.6. The van der Waals surface area contributed by atoms with Crippen molar-refractivity contribution in [2.75, 3.05) is 0 Å². The number of rotatable bonds is 4. The first kappa shape index (κ1) is 36.7. The first-order valence-corrected chi connectivity index (χ1v) is 4.92. The average molecular weight is 324 g/mol. The third-order valence-corrected chi connectivity index (χ3v) is 0.667. The van der Waals surface area contributed by atoms with Crippen LogP contribution in [0.1, 0.15) is 0 Å². The summed E-state index contributed by atoms with van der Waals surface area (Å²) in [5.74, 6) is -4.93. The fourth-order valence-electron chi connectivity index (χ4n) is 0. The van der Waals surface area contributed by atoms with Crippen molar-refractivity contribution in [3.05, 3.63) is 71.2 Å². The molecule has 0 amide bonds. The fraction of sp³-hybridized carbons (Fsp3) is 0. The van der Waals surface area contributed by atoms with Crippen molar-refractivity contribution >= 4 is 23.9 Å². The van der Waals surface area contributed by atoms with Gasteiger partial charge in [-0.05, 0) is 24.3 Å². The summed E-state index contributed by atoms with van der Waals surface area (Å²) in [5.41, 5.74) is 0. The predicted molar refractivity (Wildman–Crippen MR) is 75.3 cm³/mol. The van der Waals surface area contributed by atoms with E-state index >= 15 is 0 Å². The third-order valence-electron chi connectivity index (χ3n) is 0.667. The molecule has 0 N–H and O–H groups in total. The van der Waals surface area contributed by atoms with E-state index in [2.05, 4.69) is 39.5 Å². The van der Waals surface area contributed by atoms with Crippen molar-refractivity contribution in [3.8, 4) is 0 Å². The van der Waals surface area contributed by atoms with E-state index in [1.54, 1.807) is 0 Å². The molecule has 0 radical (unpaired) electrons. The van der Waals surface area contributed by atoms with Crippen LogP contribution >= 0.6 is 0 Å². The second kappa shape index (κ2) is 36.3. The van der Waals surface area contributed by atoms with Crippen LogP contribution in [0.2, 0.25) is 0 Å². The Bertz CT molecular complexity index is 311. The minimum absolute atomic E-state index is 0. The molecule has 0 bridgehead atoms. The van der Waals surface area contributed by atoms with Gasteiger partial charge in [0.1, 0.15) is 0 Å². The molecule has 0 aromatic heterocycles. The Morgan fingerprint density at radius 3 is 0.565 bits per heavy atom.